The Morgan fingerprint density at radius 1 is 1.05 bits per heavy atom. The van der Waals surface area contributed by atoms with Crippen molar-refractivity contribution in [3.63, 3.8) is 0 Å². The molecular weight excluding hydrogens is 433 g/mol. The van der Waals surface area contributed by atoms with Crippen molar-refractivity contribution < 1.29 is 9.47 Å². The van der Waals surface area contributed by atoms with Crippen LogP contribution in [0.15, 0.2) is 40.9 Å². The number of nitrogens with two attached hydrogens (primary N) is 1. The van der Waals surface area contributed by atoms with Crippen LogP contribution in [0, 0.1) is 3.57 Å². The first-order valence-electron chi connectivity index (χ1n) is 6.25. The van der Waals surface area contributed by atoms with E-state index in [1.54, 1.807) is 0 Å². The highest BCUT2D eigenvalue weighted by molar-refractivity contribution is 14.1. The van der Waals surface area contributed by atoms with Crippen molar-refractivity contribution in [3.05, 3.63) is 55.6 Å². The molecule has 1 aliphatic rings. The van der Waals surface area contributed by atoms with Crippen molar-refractivity contribution in [2.45, 2.75) is 6.04 Å². The molecule has 0 fully saturated rings. The first-order valence-corrected chi connectivity index (χ1v) is 8.12. The summed E-state index contributed by atoms with van der Waals surface area (Å²) in [6.45, 7) is 1.18. The summed E-state index contributed by atoms with van der Waals surface area (Å²) in [6.07, 6.45) is 0. The number of ether oxygens (including phenoxy) is 2. The Kier molecular flexibility index (Phi) is 4.18. The minimum absolute atomic E-state index is 0.199. The van der Waals surface area contributed by atoms with Crippen LogP contribution >= 0.6 is 38.5 Å². The maximum atomic E-state index is 6.39. The second kappa shape index (κ2) is 5.91. The predicted octanol–water partition coefficient (Wildman–Crippen LogP) is 3.87. The van der Waals surface area contributed by atoms with Crippen molar-refractivity contribution in [1.82, 2.24) is 0 Å². The monoisotopic (exact) mass is 445 g/mol. The summed E-state index contributed by atoms with van der Waals surface area (Å²) >= 11 is 5.85. The van der Waals surface area contributed by atoms with E-state index in [2.05, 4.69) is 44.6 Å². The molecule has 104 valence electrons. The molecule has 0 radical (unpaired) electrons. The van der Waals surface area contributed by atoms with Crippen LogP contribution in [-0.2, 0) is 0 Å². The van der Waals surface area contributed by atoms with E-state index in [9.17, 15) is 0 Å². The zero-order chi connectivity index (χ0) is 14.1. The number of rotatable bonds is 2. The van der Waals surface area contributed by atoms with Gasteiger partial charge in [0.15, 0.2) is 11.5 Å². The van der Waals surface area contributed by atoms with Crippen LogP contribution in [0.4, 0.5) is 0 Å². The molecule has 1 atom stereocenters. The molecule has 0 aliphatic carbocycles. The lowest BCUT2D eigenvalue weighted by atomic mass is 9.99. The molecule has 1 heterocycles. The number of fused-ring (bicyclic) bond motifs is 1. The third-order valence-electron chi connectivity index (χ3n) is 3.22. The van der Waals surface area contributed by atoms with Crippen molar-refractivity contribution in [3.8, 4) is 11.5 Å². The SMILES string of the molecule is NC(c1ccc2c(c1)OCCO2)c1cc(I)ccc1Br. The molecule has 0 amide bonds. The van der Waals surface area contributed by atoms with Crippen molar-refractivity contribution in [2.24, 2.45) is 5.73 Å². The zero-order valence-electron chi connectivity index (χ0n) is 10.6. The molecule has 0 aromatic heterocycles. The molecule has 1 unspecified atom stereocenters. The second-order valence-corrected chi connectivity index (χ2v) is 6.65. The molecule has 0 spiro atoms. The van der Waals surface area contributed by atoms with Gasteiger partial charge in [0.2, 0.25) is 0 Å². The summed E-state index contributed by atoms with van der Waals surface area (Å²) in [4.78, 5) is 0. The highest BCUT2D eigenvalue weighted by atomic mass is 127. The average Bonchev–Trinajstić information content (AvgIpc) is 2.48. The van der Waals surface area contributed by atoms with Crippen molar-refractivity contribution in [1.29, 1.82) is 0 Å². The van der Waals surface area contributed by atoms with Gasteiger partial charge in [0, 0.05) is 8.04 Å². The fourth-order valence-electron chi connectivity index (χ4n) is 2.19. The lowest BCUT2D eigenvalue weighted by Gasteiger charge is -2.21. The molecule has 0 bridgehead atoms. The van der Waals surface area contributed by atoms with Crippen LogP contribution in [-0.4, -0.2) is 13.2 Å². The van der Waals surface area contributed by atoms with Crippen LogP contribution in [0.2, 0.25) is 0 Å². The van der Waals surface area contributed by atoms with E-state index in [4.69, 9.17) is 15.2 Å². The van der Waals surface area contributed by atoms with Crippen molar-refractivity contribution >= 4 is 38.5 Å². The number of benzene rings is 2. The van der Waals surface area contributed by atoms with Gasteiger partial charge in [-0.25, -0.2) is 0 Å². The molecule has 0 saturated carbocycles. The molecule has 20 heavy (non-hydrogen) atoms. The Morgan fingerprint density at radius 2 is 1.80 bits per heavy atom. The summed E-state index contributed by atoms with van der Waals surface area (Å²) < 4.78 is 13.3. The summed E-state index contributed by atoms with van der Waals surface area (Å²) in [7, 11) is 0. The van der Waals surface area contributed by atoms with Crippen LogP contribution in [0.5, 0.6) is 11.5 Å². The van der Waals surface area contributed by atoms with Crippen LogP contribution in [0.3, 0.4) is 0 Å². The normalized spacial score (nSPS) is 14.9. The van der Waals surface area contributed by atoms with Crippen molar-refractivity contribution in [2.75, 3.05) is 13.2 Å². The Hall–Kier alpha value is -0.790. The van der Waals surface area contributed by atoms with Crippen LogP contribution < -0.4 is 15.2 Å². The van der Waals surface area contributed by atoms with E-state index < -0.39 is 0 Å². The molecule has 2 aromatic rings. The minimum atomic E-state index is -0.199. The van der Waals surface area contributed by atoms with Crippen LogP contribution in [0.1, 0.15) is 17.2 Å². The van der Waals surface area contributed by atoms with Gasteiger partial charge >= 0.3 is 0 Å². The zero-order valence-corrected chi connectivity index (χ0v) is 14.3. The topological polar surface area (TPSA) is 44.5 Å². The standard InChI is InChI=1S/C15H13BrINO2/c16-12-3-2-10(17)8-11(12)15(18)9-1-4-13-14(7-9)20-6-5-19-13/h1-4,7-8,15H,5-6,18H2. The van der Waals surface area contributed by atoms with E-state index >= 15 is 0 Å². The van der Waals surface area contributed by atoms with E-state index in [1.807, 2.05) is 30.3 Å². The number of hydrogen-bond donors (Lipinski definition) is 1. The summed E-state index contributed by atoms with van der Waals surface area (Å²) in [5.41, 5.74) is 8.46. The largest absolute Gasteiger partial charge is 0.486 e. The lowest BCUT2D eigenvalue weighted by molar-refractivity contribution is 0.171. The lowest BCUT2D eigenvalue weighted by Crippen LogP contribution is -2.17. The smallest absolute Gasteiger partial charge is 0.161 e. The molecule has 3 rings (SSSR count). The fraction of sp³-hybridized carbons (Fsp3) is 0.200. The molecular formula is C15H13BrINO2. The highest BCUT2D eigenvalue weighted by Crippen LogP contribution is 2.35. The van der Waals surface area contributed by atoms with Gasteiger partial charge < -0.3 is 15.2 Å². The van der Waals surface area contributed by atoms with Gasteiger partial charge in [-0.3, -0.25) is 0 Å². The Morgan fingerprint density at radius 3 is 2.60 bits per heavy atom. The molecule has 3 nitrogen and oxygen atoms in total. The van der Waals surface area contributed by atoms with Gasteiger partial charge in [-0.2, -0.15) is 0 Å². The molecule has 0 saturated heterocycles. The van der Waals surface area contributed by atoms with Gasteiger partial charge in [-0.15, -0.1) is 0 Å². The fourth-order valence-corrected chi connectivity index (χ4v) is 3.19. The summed E-state index contributed by atoms with van der Waals surface area (Å²) in [5.74, 6) is 1.56. The third-order valence-corrected chi connectivity index (χ3v) is 4.61. The van der Waals surface area contributed by atoms with E-state index in [1.165, 1.54) is 0 Å². The second-order valence-electron chi connectivity index (χ2n) is 4.55. The van der Waals surface area contributed by atoms with E-state index in [0.717, 1.165) is 30.7 Å². The van der Waals surface area contributed by atoms with Gasteiger partial charge in [0.05, 0.1) is 6.04 Å². The first-order chi connectivity index (χ1) is 9.65. The number of halogens is 2. The highest BCUT2D eigenvalue weighted by Gasteiger charge is 2.17. The summed E-state index contributed by atoms with van der Waals surface area (Å²) in [6, 6.07) is 11.8. The van der Waals surface area contributed by atoms with E-state index in [-0.39, 0.29) is 6.04 Å². The van der Waals surface area contributed by atoms with Gasteiger partial charge in [0.25, 0.3) is 0 Å². The molecule has 1 aliphatic heterocycles. The van der Waals surface area contributed by atoms with Crippen LogP contribution in [0.25, 0.3) is 0 Å². The maximum absolute atomic E-state index is 6.39. The van der Waals surface area contributed by atoms with E-state index in [0.29, 0.717) is 13.2 Å². The first kappa shape index (κ1) is 14.2. The molecule has 2 aromatic carbocycles. The summed E-state index contributed by atoms with van der Waals surface area (Å²) in [5, 5.41) is 0. The predicted molar refractivity (Wildman–Crippen MR) is 90.3 cm³/mol. The van der Waals surface area contributed by atoms with Gasteiger partial charge in [-0.1, -0.05) is 22.0 Å². The quantitative estimate of drug-likeness (QED) is 0.713. The average molecular weight is 446 g/mol. The van der Waals surface area contributed by atoms with Gasteiger partial charge in [-0.05, 0) is 64.0 Å². The minimum Gasteiger partial charge on any atom is -0.486 e. The Labute approximate surface area is 139 Å². The third kappa shape index (κ3) is 2.80. The Balaban J connectivity index is 1.97. The number of hydrogen-bond acceptors (Lipinski definition) is 3. The van der Waals surface area contributed by atoms with Gasteiger partial charge in [0.1, 0.15) is 13.2 Å². The molecule has 5 heteroatoms. The Bertz CT molecular complexity index is 648. The maximum Gasteiger partial charge on any atom is 0.161 e. The molecule has 2 N–H and O–H groups in total.